The van der Waals surface area contributed by atoms with Crippen molar-refractivity contribution in [2.75, 3.05) is 6.54 Å². The van der Waals surface area contributed by atoms with Gasteiger partial charge in [-0.1, -0.05) is 29.3 Å². The van der Waals surface area contributed by atoms with Gasteiger partial charge >= 0.3 is 0 Å². The molecule has 0 heterocycles. The highest BCUT2D eigenvalue weighted by atomic mass is 35.5. The van der Waals surface area contributed by atoms with E-state index in [4.69, 9.17) is 23.2 Å². The Morgan fingerprint density at radius 1 is 1.17 bits per heavy atom. The number of amides is 1. The predicted octanol–water partition coefficient (Wildman–Crippen LogP) is 3.21. The number of rotatable bonds is 6. The Labute approximate surface area is 149 Å². The Bertz CT molecular complexity index is 741. The van der Waals surface area contributed by atoms with Gasteiger partial charge in [-0.25, -0.2) is 8.78 Å². The maximum atomic E-state index is 13.2. The lowest BCUT2D eigenvalue weighted by Crippen LogP contribution is -2.87. The molecule has 2 aromatic carbocycles. The van der Waals surface area contributed by atoms with Crippen LogP contribution in [0.3, 0.4) is 0 Å². The molecule has 2 aromatic rings. The molecule has 128 valence electrons. The molecule has 2 rings (SSSR count). The summed E-state index contributed by atoms with van der Waals surface area (Å²) in [4.78, 5) is 11.9. The van der Waals surface area contributed by atoms with Crippen LogP contribution in [0, 0.1) is 11.6 Å². The molecule has 1 atom stereocenters. The van der Waals surface area contributed by atoms with Gasteiger partial charge in [-0.15, -0.1) is 0 Å². The molecule has 0 aromatic heterocycles. The minimum atomic E-state index is -0.894. The lowest BCUT2D eigenvalue weighted by Gasteiger charge is -2.12. The molecule has 0 radical (unpaired) electrons. The van der Waals surface area contributed by atoms with Crippen LogP contribution in [0.1, 0.15) is 24.1 Å². The van der Waals surface area contributed by atoms with Gasteiger partial charge in [0.15, 0.2) is 18.2 Å². The summed E-state index contributed by atoms with van der Waals surface area (Å²) in [5, 5.41) is 5.52. The molecular weight excluding hydrogens is 357 g/mol. The summed E-state index contributed by atoms with van der Waals surface area (Å²) >= 11 is 11.9. The minimum Gasteiger partial charge on any atom is -0.347 e. The van der Waals surface area contributed by atoms with Crippen molar-refractivity contribution in [2.45, 2.75) is 19.5 Å². The van der Waals surface area contributed by atoms with E-state index >= 15 is 0 Å². The molecular formula is C17H17Cl2F2N2O+. The Hall–Kier alpha value is -1.69. The molecule has 7 heteroatoms. The third-order valence-electron chi connectivity index (χ3n) is 3.62. The first-order valence-corrected chi connectivity index (χ1v) is 8.11. The molecule has 0 spiro atoms. The van der Waals surface area contributed by atoms with Gasteiger partial charge in [-0.3, -0.25) is 4.79 Å². The van der Waals surface area contributed by atoms with E-state index in [1.807, 2.05) is 6.92 Å². The summed E-state index contributed by atoms with van der Waals surface area (Å²) in [5.41, 5.74) is 1.38. The maximum absolute atomic E-state index is 13.2. The lowest BCUT2D eigenvalue weighted by molar-refractivity contribution is -0.682. The Morgan fingerprint density at radius 3 is 2.58 bits per heavy atom. The van der Waals surface area contributed by atoms with E-state index in [0.29, 0.717) is 22.2 Å². The van der Waals surface area contributed by atoms with Crippen molar-refractivity contribution >= 4 is 29.1 Å². The fraction of sp³-hybridized carbons (Fsp3) is 0.235. The third-order valence-corrected chi connectivity index (χ3v) is 4.20. The fourth-order valence-electron chi connectivity index (χ4n) is 2.15. The monoisotopic (exact) mass is 373 g/mol. The second kappa shape index (κ2) is 8.42. The zero-order chi connectivity index (χ0) is 17.7. The van der Waals surface area contributed by atoms with E-state index in [1.165, 1.54) is 6.07 Å². The molecule has 0 saturated heterocycles. The van der Waals surface area contributed by atoms with E-state index < -0.39 is 11.6 Å². The van der Waals surface area contributed by atoms with Crippen LogP contribution in [0.5, 0.6) is 0 Å². The second-order valence-electron chi connectivity index (χ2n) is 5.41. The first-order chi connectivity index (χ1) is 11.4. The molecule has 3 N–H and O–H groups in total. The maximum Gasteiger partial charge on any atom is 0.275 e. The molecule has 0 aliphatic rings. The normalized spacial score (nSPS) is 12.0. The summed E-state index contributed by atoms with van der Waals surface area (Å²) < 4.78 is 26.1. The van der Waals surface area contributed by atoms with E-state index in [9.17, 15) is 13.6 Å². The van der Waals surface area contributed by atoms with Gasteiger partial charge in [-0.05, 0) is 42.8 Å². The first-order valence-electron chi connectivity index (χ1n) is 7.35. The van der Waals surface area contributed by atoms with Gasteiger partial charge in [0.25, 0.3) is 5.91 Å². The molecule has 3 nitrogen and oxygen atoms in total. The van der Waals surface area contributed by atoms with E-state index in [2.05, 4.69) is 5.32 Å². The molecule has 0 saturated carbocycles. The number of carbonyl (C=O) groups is 1. The highest BCUT2D eigenvalue weighted by molar-refractivity contribution is 6.35. The van der Waals surface area contributed by atoms with Crippen molar-refractivity contribution in [1.82, 2.24) is 5.32 Å². The van der Waals surface area contributed by atoms with Crippen molar-refractivity contribution in [3.05, 3.63) is 69.2 Å². The van der Waals surface area contributed by atoms with Crippen LogP contribution >= 0.6 is 23.2 Å². The number of hydrogen-bond acceptors (Lipinski definition) is 1. The second-order valence-corrected chi connectivity index (χ2v) is 6.26. The fourth-order valence-corrected chi connectivity index (χ4v) is 2.62. The van der Waals surface area contributed by atoms with Crippen LogP contribution < -0.4 is 10.6 Å². The zero-order valence-electron chi connectivity index (χ0n) is 13.0. The van der Waals surface area contributed by atoms with Gasteiger partial charge in [0, 0.05) is 22.2 Å². The van der Waals surface area contributed by atoms with Gasteiger partial charge in [0.2, 0.25) is 0 Å². The smallest absolute Gasteiger partial charge is 0.275 e. The van der Waals surface area contributed by atoms with Crippen LogP contribution in [0.25, 0.3) is 0 Å². The number of benzene rings is 2. The number of hydrogen-bond donors (Lipinski definition) is 2. The van der Waals surface area contributed by atoms with Crippen LogP contribution in [0.2, 0.25) is 10.0 Å². The van der Waals surface area contributed by atoms with Crippen molar-refractivity contribution in [2.24, 2.45) is 0 Å². The average Bonchev–Trinajstić information content (AvgIpc) is 2.54. The predicted molar refractivity (Wildman–Crippen MR) is 89.9 cm³/mol. The summed E-state index contributed by atoms with van der Waals surface area (Å²) in [6.07, 6.45) is 0. The van der Waals surface area contributed by atoms with Crippen molar-refractivity contribution in [3.8, 4) is 0 Å². The lowest BCUT2D eigenvalue weighted by atomic mass is 10.1. The summed E-state index contributed by atoms with van der Waals surface area (Å²) in [6, 6.07) is 8.61. The summed E-state index contributed by atoms with van der Waals surface area (Å²) in [7, 11) is 0. The van der Waals surface area contributed by atoms with E-state index in [1.54, 1.807) is 23.5 Å². The van der Waals surface area contributed by atoms with Gasteiger partial charge in [0.1, 0.15) is 6.04 Å². The average molecular weight is 374 g/mol. The molecule has 0 unspecified atom stereocenters. The van der Waals surface area contributed by atoms with Crippen LogP contribution in [0.4, 0.5) is 8.78 Å². The molecule has 0 aliphatic heterocycles. The van der Waals surface area contributed by atoms with Gasteiger partial charge < -0.3 is 10.6 Å². The molecule has 0 fully saturated rings. The van der Waals surface area contributed by atoms with Crippen LogP contribution in [-0.2, 0) is 11.3 Å². The topological polar surface area (TPSA) is 45.7 Å². The molecule has 1 amide bonds. The molecule has 0 aliphatic carbocycles. The Morgan fingerprint density at radius 2 is 1.92 bits per heavy atom. The Kier molecular flexibility index (Phi) is 6.54. The number of halogens is 4. The standard InChI is InChI=1S/C17H16Cl2F2N2O/c1-10(11-3-5-15(20)16(21)6-11)22-9-17(24)23-8-12-2-4-13(18)7-14(12)19/h2-7,10,22H,8-9H2,1H3,(H,23,24)/p+1/t10-/m1/s1. The highest BCUT2D eigenvalue weighted by Gasteiger charge is 2.14. The van der Waals surface area contributed by atoms with Gasteiger partial charge in [-0.2, -0.15) is 0 Å². The zero-order valence-corrected chi connectivity index (χ0v) is 14.5. The number of nitrogens with one attached hydrogen (secondary N) is 1. The molecule has 24 heavy (non-hydrogen) atoms. The number of nitrogens with two attached hydrogens (primary N) is 1. The minimum absolute atomic E-state index is 0.158. The molecule has 0 bridgehead atoms. The largest absolute Gasteiger partial charge is 0.347 e. The van der Waals surface area contributed by atoms with Crippen molar-refractivity contribution in [1.29, 1.82) is 0 Å². The summed E-state index contributed by atoms with van der Waals surface area (Å²) in [5.74, 6) is -1.96. The highest BCUT2D eigenvalue weighted by Crippen LogP contribution is 2.20. The summed E-state index contributed by atoms with van der Waals surface area (Å²) in [6.45, 7) is 2.27. The quantitative estimate of drug-likeness (QED) is 0.802. The van der Waals surface area contributed by atoms with Crippen molar-refractivity contribution < 1.29 is 18.9 Å². The van der Waals surface area contributed by atoms with E-state index in [0.717, 1.165) is 17.7 Å². The first kappa shape index (κ1) is 18.6. The third kappa shape index (κ3) is 5.16. The van der Waals surface area contributed by atoms with Gasteiger partial charge in [0.05, 0.1) is 0 Å². The Balaban J connectivity index is 1.83. The number of carbonyl (C=O) groups excluding carboxylic acids is 1. The van der Waals surface area contributed by atoms with Crippen LogP contribution in [0.15, 0.2) is 36.4 Å². The van der Waals surface area contributed by atoms with E-state index in [-0.39, 0.29) is 18.5 Å². The SMILES string of the molecule is C[C@@H]([NH2+]CC(=O)NCc1ccc(Cl)cc1Cl)c1ccc(F)c(F)c1. The number of quaternary nitrogens is 1. The van der Waals surface area contributed by atoms with Crippen molar-refractivity contribution in [3.63, 3.8) is 0 Å². The van der Waals surface area contributed by atoms with Crippen LogP contribution in [-0.4, -0.2) is 12.5 Å².